The Labute approximate surface area is 137 Å². The van der Waals surface area contributed by atoms with Gasteiger partial charge in [-0.25, -0.2) is 14.6 Å². The molecule has 1 saturated heterocycles. The number of alkyl halides is 1. The zero-order valence-electron chi connectivity index (χ0n) is 14.9. The van der Waals surface area contributed by atoms with Crippen molar-refractivity contribution in [1.29, 1.82) is 0 Å². The lowest BCUT2D eigenvalue weighted by Gasteiger charge is -2.28. The number of piperidine rings is 1. The van der Waals surface area contributed by atoms with E-state index in [1.807, 2.05) is 20.8 Å². The van der Waals surface area contributed by atoms with Gasteiger partial charge >= 0.3 is 6.09 Å². The largest absolute Gasteiger partial charge is 0.462 e. The van der Waals surface area contributed by atoms with Crippen molar-refractivity contribution >= 4 is 12.6 Å². The van der Waals surface area contributed by atoms with Gasteiger partial charge in [-0.2, -0.15) is 0 Å². The highest BCUT2D eigenvalue weighted by molar-refractivity contribution is 5.67. The topological polar surface area (TPSA) is 88.7 Å². The molecule has 23 heavy (non-hydrogen) atoms. The van der Waals surface area contributed by atoms with Gasteiger partial charge in [0.2, 0.25) is 0 Å². The smallest absolute Gasteiger partial charge is 0.422 e. The SMILES string of the molecule is CC(C)(C)OC(=O)NNC1CCNCC1F.CC(C)(C)OC=O. The first kappa shape index (κ1) is 21.6. The fourth-order valence-electron chi connectivity index (χ4n) is 1.58. The summed E-state index contributed by atoms with van der Waals surface area (Å²) < 4.78 is 22.9. The molecule has 3 N–H and O–H groups in total. The fourth-order valence-corrected chi connectivity index (χ4v) is 1.58. The molecule has 0 aliphatic carbocycles. The molecule has 0 saturated carbocycles. The molecule has 1 aliphatic heterocycles. The maximum atomic E-state index is 13.3. The second kappa shape index (κ2) is 9.67. The molecule has 8 heteroatoms. The third-order valence-electron chi connectivity index (χ3n) is 2.57. The summed E-state index contributed by atoms with van der Waals surface area (Å²) in [6, 6.07) is -0.353. The van der Waals surface area contributed by atoms with Crippen molar-refractivity contribution in [2.24, 2.45) is 0 Å². The zero-order valence-corrected chi connectivity index (χ0v) is 14.9. The van der Waals surface area contributed by atoms with Crippen LogP contribution in [0.5, 0.6) is 0 Å². The molecule has 1 aliphatic rings. The molecular weight excluding hydrogens is 305 g/mol. The monoisotopic (exact) mass is 335 g/mol. The third-order valence-corrected chi connectivity index (χ3v) is 2.57. The molecule has 0 bridgehead atoms. The Morgan fingerprint density at radius 3 is 2.22 bits per heavy atom. The first-order valence-corrected chi connectivity index (χ1v) is 7.65. The van der Waals surface area contributed by atoms with Crippen LogP contribution >= 0.6 is 0 Å². The van der Waals surface area contributed by atoms with Crippen molar-refractivity contribution in [2.45, 2.75) is 71.4 Å². The first-order valence-electron chi connectivity index (χ1n) is 7.65. The Balaban J connectivity index is 0.000000585. The minimum atomic E-state index is -0.997. The standard InChI is InChI=1S/C10H20FN3O2.C5H10O2/c1-10(2,3)16-9(15)14-13-8-4-5-12-6-7(8)11;1-5(2,3)7-4-6/h7-8,12-13H,4-6H2,1-3H3,(H,14,15);4H,1-3H3. The Morgan fingerprint density at radius 2 is 1.83 bits per heavy atom. The summed E-state index contributed by atoms with van der Waals surface area (Å²) in [4.78, 5) is 20.9. The van der Waals surface area contributed by atoms with Crippen LogP contribution in [0.2, 0.25) is 0 Å². The van der Waals surface area contributed by atoms with Gasteiger partial charge in [0.15, 0.2) is 0 Å². The summed E-state index contributed by atoms with van der Waals surface area (Å²) in [5, 5.41) is 2.93. The zero-order chi connectivity index (χ0) is 18.1. The van der Waals surface area contributed by atoms with Crippen LogP contribution in [-0.2, 0) is 14.3 Å². The second-order valence-corrected chi connectivity index (χ2v) is 7.21. The number of carbonyl (C=O) groups excluding carboxylic acids is 2. The lowest BCUT2D eigenvalue weighted by molar-refractivity contribution is -0.138. The Kier molecular flexibility index (Phi) is 9.07. The van der Waals surface area contributed by atoms with Crippen molar-refractivity contribution in [1.82, 2.24) is 16.2 Å². The summed E-state index contributed by atoms with van der Waals surface area (Å²) in [5.74, 6) is 0. The van der Waals surface area contributed by atoms with Gasteiger partial charge in [0, 0.05) is 6.54 Å². The molecule has 0 spiro atoms. The van der Waals surface area contributed by atoms with E-state index in [0.717, 1.165) is 6.54 Å². The lowest BCUT2D eigenvalue weighted by atomic mass is 10.1. The molecule has 2 atom stereocenters. The van der Waals surface area contributed by atoms with Crippen LogP contribution < -0.4 is 16.2 Å². The van der Waals surface area contributed by atoms with Crippen LogP contribution in [0.1, 0.15) is 48.0 Å². The van der Waals surface area contributed by atoms with Gasteiger partial charge in [-0.15, -0.1) is 0 Å². The van der Waals surface area contributed by atoms with E-state index >= 15 is 0 Å². The van der Waals surface area contributed by atoms with Crippen LogP contribution in [0.3, 0.4) is 0 Å². The minimum absolute atomic E-state index is 0.313. The van der Waals surface area contributed by atoms with Gasteiger partial charge in [-0.3, -0.25) is 10.2 Å². The van der Waals surface area contributed by atoms with Crippen molar-refractivity contribution in [3.63, 3.8) is 0 Å². The van der Waals surface area contributed by atoms with Crippen LogP contribution in [0.25, 0.3) is 0 Å². The minimum Gasteiger partial charge on any atom is -0.462 e. The average Bonchev–Trinajstić information content (AvgIpc) is 2.35. The normalized spacial score (nSPS) is 21.5. The average molecular weight is 335 g/mol. The van der Waals surface area contributed by atoms with Crippen molar-refractivity contribution < 1.29 is 23.5 Å². The Morgan fingerprint density at radius 1 is 1.22 bits per heavy atom. The van der Waals surface area contributed by atoms with E-state index in [-0.39, 0.29) is 11.6 Å². The van der Waals surface area contributed by atoms with E-state index in [4.69, 9.17) is 4.74 Å². The first-order chi connectivity index (χ1) is 10.4. The highest BCUT2D eigenvalue weighted by Crippen LogP contribution is 2.08. The number of hydrazine groups is 1. The van der Waals surface area contributed by atoms with Gasteiger partial charge in [0.25, 0.3) is 6.47 Å². The number of nitrogens with one attached hydrogen (secondary N) is 3. The molecule has 1 rings (SSSR count). The van der Waals surface area contributed by atoms with E-state index in [0.29, 0.717) is 19.4 Å². The van der Waals surface area contributed by atoms with Gasteiger partial charge < -0.3 is 14.8 Å². The maximum absolute atomic E-state index is 13.3. The molecule has 2 unspecified atom stereocenters. The number of ether oxygens (including phenoxy) is 2. The highest BCUT2D eigenvalue weighted by Gasteiger charge is 2.25. The van der Waals surface area contributed by atoms with Gasteiger partial charge in [0.05, 0.1) is 6.04 Å². The quantitative estimate of drug-likeness (QED) is 0.537. The number of rotatable bonds is 3. The molecule has 0 aromatic heterocycles. The van der Waals surface area contributed by atoms with Gasteiger partial charge in [-0.05, 0) is 54.5 Å². The van der Waals surface area contributed by atoms with E-state index in [2.05, 4.69) is 20.9 Å². The molecule has 0 aromatic carbocycles. The van der Waals surface area contributed by atoms with Crippen LogP contribution in [0.15, 0.2) is 0 Å². The molecule has 0 radical (unpaired) electrons. The van der Waals surface area contributed by atoms with E-state index in [1.165, 1.54) is 0 Å². The maximum Gasteiger partial charge on any atom is 0.422 e. The summed E-state index contributed by atoms with van der Waals surface area (Å²) in [6.45, 7) is 12.3. The number of carbonyl (C=O) groups is 2. The number of hydrogen-bond donors (Lipinski definition) is 3. The number of hydrogen-bond acceptors (Lipinski definition) is 6. The van der Waals surface area contributed by atoms with E-state index in [9.17, 15) is 14.0 Å². The number of amides is 1. The predicted octanol–water partition coefficient (Wildman–Crippen LogP) is 1.67. The summed E-state index contributed by atoms with van der Waals surface area (Å²) in [6.07, 6.45) is -0.946. The van der Waals surface area contributed by atoms with Crippen LogP contribution in [0, 0.1) is 0 Å². The molecule has 1 heterocycles. The van der Waals surface area contributed by atoms with Crippen molar-refractivity contribution in [2.75, 3.05) is 13.1 Å². The molecule has 1 amide bonds. The predicted molar refractivity (Wildman–Crippen MR) is 85.6 cm³/mol. The van der Waals surface area contributed by atoms with Gasteiger partial charge in [0.1, 0.15) is 17.4 Å². The van der Waals surface area contributed by atoms with Crippen LogP contribution in [-0.4, -0.2) is 49.1 Å². The Hall–Kier alpha value is -1.41. The second-order valence-electron chi connectivity index (χ2n) is 7.21. The molecule has 136 valence electrons. The van der Waals surface area contributed by atoms with E-state index in [1.54, 1.807) is 20.8 Å². The molecular formula is C15H30FN3O4. The van der Waals surface area contributed by atoms with Crippen molar-refractivity contribution in [3.05, 3.63) is 0 Å². The summed E-state index contributed by atoms with van der Waals surface area (Å²) in [5.41, 5.74) is 4.15. The van der Waals surface area contributed by atoms with Gasteiger partial charge in [-0.1, -0.05) is 0 Å². The summed E-state index contributed by atoms with van der Waals surface area (Å²) >= 11 is 0. The third kappa shape index (κ3) is 12.8. The Bertz CT molecular complexity index is 367. The van der Waals surface area contributed by atoms with Crippen molar-refractivity contribution in [3.8, 4) is 0 Å². The lowest BCUT2D eigenvalue weighted by Crippen LogP contribution is -2.55. The molecule has 1 fully saturated rings. The molecule has 7 nitrogen and oxygen atoms in total. The van der Waals surface area contributed by atoms with E-state index < -0.39 is 17.9 Å². The van der Waals surface area contributed by atoms with Crippen LogP contribution in [0.4, 0.5) is 9.18 Å². The fraction of sp³-hybridized carbons (Fsp3) is 0.867. The molecule has 0 aromatic rings. The number of halogens is 1. The summed E-state index contributed by atoms with van der Waals surface area (Å²) in [7, 11) is 0. The highest BCUT2D eigenvalue weighted by atomic mass is 19.1.